The number of hydrogen-bond donors (Lipinski definition) is 0. The van der Waals surface area contributed by atoms with Crippen molar-refractivity contribution in [1.29, 1.82) is 0 Å². The Labute approximate surface area is 127 Å². The van der Waals surface area contributed by atoms with E-state index in [0.717, 1.165) is 19.3 Å². The van der Waals surface area contributed by atoms with Crippen LogP contribution in [-0.2, 0) is 18.9 Å². The lowest BCUT2D eigenvalue weighted by atomic mass is 10.1. The summed E-state index contributed by atoms with van der Waals surface area (Å²) in [4.78, 5) is 2.77. The minimum Gasteiger partial charge on any atom is -0.382 e. The van der Waals surface area contributed by atoms with Gasteiger partial charge in [0.2, 0.25) is 0 Å². The summed E-state index contributed by atoms with van der Waals surface area (Å²) in [6.45, 7) is 7.51. The first-order valence-electron chi connectivity index (χ1n) is 7.55. The number of hydrogen-bond acceptors (Lipinski definition) is 5. The van der Waals surface area contributed by atoms with E-state index in [9.17, 15) is 0 Å². The third-order valence-corrected chi connectivity index (χ3v) is 2.98. The first-order chi connectivity index (χ1) is 10.2. The van der Waals surface area contributed by atoms with E-state index in [4.69, 9.17) is 24.5 Å². The third-order valence-electron chi connectivity index (χ3n) is 2.98. The zero-order chi connectivity index (χ0) is 15.8. The van der Waals surface area contributed by atoms with Crippen LogP contribution >= 0.6 is 0 Å². The molecule has 0 aliphatic rings. The van der Waals surface area contributed by atoms with E-state index in [1.165, 1.54) is 0 Å². The lowest BCUT2D eigenvalue weighted by Crippen LogP contribution is -2.21. The summed E-state index contributed by atoms with van der Waals surface area (Å²) in [5.41, 5.74) is 8.33. The molecule has 0 aliphatic heterocycles. The Morgan fingerprint density at radius 1 is 1.05 bits per heavy atom. The van der Waals surface area contributed by atoms with Crippen LogP contribution in [-0.4, -0.2) is 58.9 Å². The van der Waals surface area contributed by atoms with Crippen LogP contribution in [0, 0.1) is 0 Å². The highest BCUT2D eigenvalue weighted by molar-refractivity contribution is 4.64. The molecule has 0 aliphatic carbocycles. The van der Waals surface area contributed by atoms with Crippen molar-refractivity contribution in [2.24, 2.45) is 5.11 Å². The van der Waals surface area contributed by atoms with Gasteiger partial charge < -0.3 is 18.9 Å². The summed E-state index contributed by atoms with van der Waals surface area (Å²) < 4.78 is 21.6. The Kier molecular flexibility index (Phi) is 14.9. The second kappa shape index (κ2) is 15.5. The second-order valence-corrected chi connectivity index (χ2v) is 4.68. The van der Waals surface area contributed by atoms with Gasteiger partial charge in [0.25, 0.3) is 0 Å². The Hall–Kier alpha value is -0.850. The van der Waals surface area contributed by atoms with Crippen LogP contribution in [0.3, 0.4) is 0 Å². The Bertz CT molecular complexity index is 273. The minimum atomic E-state index is 0.0735. The van der Waals surface area contributed by atoms with Gasteiger partial charge in [-0.3, -0.25) is 0 Å². The lowest BCUT2D eigenvalue weighted by molar-refractivity contribution is -0.0156. The van der Waals surface area contributed by atoms with Crippen molar-refractivity contribution in [2.45, 2.75) is 45.3 Å². The summed E-state index contributed by atoms with van der Waals surface area (Å²) >= 11 is 0. The van der Waals surface area contributed by atoms with Gasteiger partial charge in [0.1, 0.15) is 0 Å². The summed E-state index contributed by atoms with van der Waals surface area (Å²) in [5.74, 6) is 0. The fraction of sp³-hybridized carbons (Fsp3) is 1.00. The molecule has 0 bridgehead atoms. The molecule has 0 saturated heterocycles. The van der Waals surface area contributed by atoms with Crippen molar-refractivity contribution >= 4 is 0 Å². The average molecular weight is 303 g/mol. The Morgan fingerprint density at radius 3 is 2.48 bits per heavy atom. The molecule has 0 heterocycles. The number of methoxy groups -OCH3 is 1. The van der Waals surface area contributed by atoms with Crippen molar-refractivity contribution in [3.05, 3.63) is 10.4 Å². The predicted octanol–water partition coefficient (Wildman–Crippen LogP) is 2.94. The van der Waals surface area contributed by atoms with Crippen LogP contribution in [0.25, 0.3) is 10.4 Å². The molecular formula is C14H29N3O4. The van der Waals surface area contributed by atoms with E-state index in [1.807, 2.05) is 13.8 Å². The van der Waals surface area contributed by atoms with Gasteiger partial charge in [0, 0.05) is 25.2 Å². The fourth-order valence-electron chi connectivity index (χ4n) is 1.81. The van der Waals surface area contributed by atoms with Gasteiger partial charge in [0.15, 0.2) is 0 Å². The zero-order valence-electron chi connectivity index (χ0n) is 13.5. The molecule has 0 saturated carbocycles. The number of azide groups is 1. The fourth-order valence-corrected chi connectivity index (χ4v) is 1.81. The highest BCUT2D eigenvalue weighted by Crippen LogP contribution is 2.11. The molecule has 2 atom stereocenters. The quantitative estimate of drug-likeness (QED) is 0.201. The molecule has 0 N–H and O–H groups in total. The van der Waals surface area contributed by atoms with E-state index in [2.05, 4.69) is 10.0 Å². The number of rotatable bonds is 15. The van der Waals surface area contributed by atoms with Crippen molar-refractivity contribution in [2.75, 3.05) is 46.7 Å². The van der Waals surface area contributed by atoms with Gasteiger partial charge in [-0.05, 0) is 38.6 Å². The maximum Gasteiger partial charge on any atom is 0.0704 e. The van der Waals surface area contributed by atoms with Gasteiger partial charge in [-0.1, -0.05) is 5.11 Å². The molecule has 0 aromatic carbocycles. The van der Waals surface area contributed by atoms with Gasteiger partial charge in [-0.2, -0.15) is 0 Å². The van der Waals surface area contributed by atoms with Gasteiger partial charge in [0.05, 0.1) is 38.6 Å². The molecule has 7 heteroatoms. The summed E-state index contributed by atoms with van der Waals surface area (Å²) in [5, 5.41) is 3.57. The monoisotopic (exact) mass is 303 g/mol. The molecule has 124 valence electrons. The summed E-state index contributed by atoms with van der Waals surface area (Å²) in [6, 6.07) is 0. The maximum absolute atomic E-state index is 8.33. The van der Waals surface area contributed by atoms with Crippen LogP contribution < -0.4 is 0 Å². The number of ether oxygens (including phenoxy) is 4. The first kappa shape index (κ1) is 20.1. The highest BCUT2D eigenvalue weighted by atomic mass is 16.5. The van der Waals surface area contributed by atoms with E-state index in [1.54, 1.807) is 7.11 Å². The zero-order valence-corrected chi connectivity index (χ0v) is 13.5. The molecule has 0 amide bonds. The van der Waals surface area contributed by atoms with Crippen molar-refractivity contribution in [3.8, 4) is 0 Å². The minimum absolute atomic E-state index is 0.0735. The van der Waals surface area contributed by atoms with E-state index in [-0.39, 0.29) is 12.2 Å². The largest absolute Gasteiger partial charge is 0.382 e. The predicted molar refractivity (Wildman–Crippen MR) is 81.4 cm³/mol. The standard InChI is InChI=1S/C14H29N3O4/c1-4-19-10-12-21-14(7-8-16-17-15)6-5-13(2)20-11-9-18-3/h13-14H,4-12H2,1-3H3. The first-order valence-corrected chi connectivity index (χ1v) is 7.55. The molecule has 0 aromatic heterocycles. The van der Waals surface area contributed by atoms with Gasteiger partial charge >= 0.3 is 0 Å². The average Bonchev–Trinajstić information content (AvgIpc) is 2.49. The molecule has 0 aromatic rings. The van der Waals surface area contributed by atoms with Crippen LogP contribution in [0.4, 0.5) is 0 Å². The normalized spacial score (nSPS) is 13.7. The van der Waals surface area contributed by atoms with Gasteiger partial charge in [-0.15, -0.1) is 0 Å². The van der Waals surface area contributed by atoms with Crippen LogP contribution in [0.15, 0.2) is 5.11 Å². The molecule has 0 rings (SSSR count). The third kappa shape index (κ3) is 13.9. The highest BCUT2D eigenvalue weighted by Gasteiger charge is 2.11. The van der Waals surface area contributed by atoms with Crippen LogP contribution in [0.2, 0.25) is 0 Å². The number of nitrogens with zero attached hydrogens (tertiary/aromatic N) is 3. The summed E-state index contributed by atoms with van der Waals surface area (Å²) in [6.07, 6.45) is 2.74. The lowest BCUT2D eigenvalue weighted by Gasteiger charge is -2.19. The van der Waals surface area contributed by atoms with E-state index in [0.29, 0.717) is 39.6 Å². The van der Waals surface area contributed by atoms with E-state index < -0.39 is 0 Å². The molecular weight excluding hydrogens is 274 g/mol. The molecule has 2 unspecified atom stereocenters. The second-order valence-electron chi connectivity index (χ2n) is 4.68. The van der Waals surface area contributed by atoms with Crippen molar-refractivity contribution in [1.82, 2.24) is 0 Å². The van der Waals surface area contributed by atoms with Crippen molar-refractivity contribution in [3.63, 3.8) is 0 Å². The molecule has 21 heavy (non-hydrogen) atoms. The summed E-state index contributed by atoms with van der Waals surface area (Å²) in [7, 11) is 1.66. The molecule has 0 radical (unpaired) electrons. The molecule has 0 fully saturated rings. The Balaban J connectivity index is 3.91. The SMILES string of the molecule is CCOCCOC(CCN=[N+]=[N-])CCC(C)OCCOC. The topological polar surface area (TPSA) is 85.7 Å². The van der Waals surface area contributed by atoms with E-state index >= 15 is 0 Å². The smallest absolute Gasteiger partial charge is 0.0704 e. The van der Waals surface area contributed by atoms with Gasteiger partial charge in [-0.25, -0.2) is 0 Å². The van der Waals surface area contributed by atoms with Crippen molar-refractivity contribution < 1.29 is 18.9 Å². The van der Waals surface area contributed by atoms with Crippen LogP contribution in [0.1, 0.15) is 33.1 Å². The van der Waals surface area contributed by atoms with Crippen LogP contribution in [0.5, 0.6) is 0 Å². The molecule has 0 spiro atoms. The molecule has 7 nitrogen and oxygen atoms in total. The maximum atomic E-state index is 8.33. The Morgan fingerprint density at radius 2 is 1.81 bits per heavy atom.